The van der Waals surface area contributed by atoms with Gasteiger partial charge in [0, 0.05) is 0 Å². The Balaban J connectivity index is -0.0000000910. The van der Waals surface area contributed by atoms with Gasteiger partial charge < -0.3 is 23.5 Å². The van der Waals surface area contributed by atoms with E-state index in [0.29, 0.717) is 0 Å². The van der Waals surface area contributed by atoms with Crippen LogP contribution in [-0.2, 0) is 0 Å². The van der Waals surface area contributed by atoms with Crippen molar-refractivity contribution >= 4 is 43.3 Å². The summed E-state index contributed by atoms with van der Waals surface area (Å²) in [6.45, 7) is 0. The van der Waals surface area contributed by atoms with Crippen molar-refractivity contribution < 1.29 is 18.9 Å². The van der Waals surface area contributed by atoms with Crippen molar-refractivity contribution in [1.29, 1.82) is 0 Å². The Labute approximate surface area is 93.6 Å². The van der Waals surface area contributed by atoms with Crippen LogP contribution in [0, 0.1) is 5.08 Å². The molecule has 10 heavy (non-hydrogen) atoms. The maximum atomic E-state index is 2.36. The van der Waals surface area contributed by atoms with Gasteiger partial charge in [0.15, 0.2) is 0 Å². The van der Waals surface area contributed by atoms with E-state index in [-0.39, 0.29) is 18.9 Å². The van der Waals surface area contributed by atoms with Gasteiger partial charge in [-0.05, 0) is 12.5 Å². The topological polar surface area (TPSA) is 0 Å². The van der Waals surface area contributed by atoms with Crippen LogP contribution in [0.15, 0.2) is 0 Å². The summed E-state index contributed by atoms with van der Waals surface area (Å²) in [5.41, 5.74) is 0. The van der Waals surface area contributed by atoms with E-state index in [4.69, 9.17) is 0 Å². The molecule has 0 aliphatic heterocycles. The van der Waals surface area contributed by atoms with Crippen molar-refractivity contribution in [3.8, 4) is 0 Å². The first-order chi connectivity index (χ1) is 4.15. The van der Waals surface area contributed by atoms with E-state index in [1.54, 1.807) is 23.5 Å². The molecular weight excluding hydrogens is 262 g/mol. The molecule has 57 valence electrons. The Morgan fingerprint density at radius 1 is 1.00 bits per heavy atom. The third-order valence-corrected chi connectivity index (χ3v) is 1.73. The zero-order valence-electron chi connectivity index (χ0n) is 7.89. The second kappa shape index (κ2) is 17.3. The van der Waals surface area contributed by atoms with Gasteiger partial charge in [0.05, 0.1) is 0 Å². The molecule has 0 fully saturated rings. The van der Waals surface area contributed by atoms with Crippen molar-refractivity contribution in [2.75, 3.05) is 12.5 Å². The van der Waals surface area contributed by atoms with Crippen molar-refractivity contribution in [3.05, 3.63) is 5.08 Å². The van der Waals surface area contributed by atoms with E-state index in [9.17, 15) is 0 Å². The number of hydrogen-bond donors (Lipinski definition) is 0. The molecule has 0 aromatic carbocycles. The van der Waals surface area contributed by atoms with Crippen LogP contribution < -0.4 is 18.9 Å². The molecule has 1 radical (unpaired) electrons. The van der Waals surface area contributed by atoms with E-state index in [1.807, 2.05) is 0 Å². The van der Waals surface area contributed by atoms with E-state index in [1.165, 1.54) is 0 Å². The number of rotatable bonds is 2. The fourth-order valence-corrected chi connectivity index (χ4v) is 0.866. The van der Waals surface area contributed by atoms with Crippen molar-refractivity contribution in [1.82, 2.24) is 0 Å². The minimum absolute atomic E-state index is 0. The Morgan fingerprint density at radius 2 is 1.20 bits per heavy atom. The van der Waals surface area contributed by atoms with Crippen LogP contribution >= 0.6 is 23.5 Å². The van der Waals surface area contributed by atoms with Gasteiger partial charge in [-0.25, -0.2) is 5.08 Å². The molecule has 0 atom stereocenters. The van der Waals surface area contributed by atoms with Crippen LogP contribution in [0.4, 0.5) is 0 Å². The molecular formula is C6H16LiS2Sn. The minimum Gasteiger partial charge on any atom is 1.00 e. The van der Waals surface area contributed by atoms with Gasteiger partial charge in [-0.2, -0.15) is 0 Å². The molecule has 0 rings (SSSR count). The molecule has 0 spiro atoms. The van der Waals surface area contributed by atoms with Crippen LogP contribution in [0.25, 0.3) is 0 Å². The van der Waals surface area contributed by atoms with Crippen LogP contribution in [0.3, 0.4) is 0 Å². The average molecular weight is 278 g/mol. The number of thioether (sulfide) groups is 2. The molecule has 0 saturated carbocycles. The Morgan fingerprint density at radius 3 is 1.20 bits per heavy atom. The zero-order chi connectivity index (χ0) is 7.70. The molecule has 0 unspecified atom stereocenters. The van der Waals surface area contributed by atoms with Crippen molar-refractivity contribution in [2.45, 2.75) is 14.8 Å². The largest absolute Gasteiger partial charge is 1.00 e. The Kier molecular flexibility index (Phi) is 31.1. The molecule has 0 nitrogen and oxygen atoms in total. The summed E-state index contributed by atoms with van der Waals surface area (Å²) in [4.78, 5) is 7.09. The molecule has 0 heterocycles. The standard InChI is InChI=1S/C3H7S2.3CH3.Li.Sn/c1-4-3-5-2;;;;;/h3H,1-2H3;3*1H3;;/q-1;;;;+1;. The van der Waals surface area contributed by atoms with Crippen LogP contribution in [0.5, 0.6) is 0 Å². The minimum atomic E-state index is -0.543. The zero-order valence-corrected chi connectivity index (χ0v) is 12.4. The monoisotopic (exact) mass is 279 g/mol. The third-order valence-electron chi connectivity index (χ3n) is 0.192. The van der Waals surface area contributed by atoms with E-state index < -0.39 is 19.8 Å². The van der Waals surface area contributed by atoms with Crippen LogP contribution in [0.2, 0.25) is 14.8 Å². The SMILES string of the molecule is CS[CH-]SC.[CH3][Sn]([CH3])[CH3].[Li+]. The summed E-state index contributed by atoms with van der Waals surface area (Å²) in [5.74, 6) is 0. The molecule has 0 aliphatic rings. The second-order valence-corrected chi connectivity index (χ2v) is 12.3. The maximum absolute atomic E-state index is 2.36. The van der Waals surface area contributed by atoms with E-state index in [0.717, 1.165) is 0 Å². The fourth-order valence-electron chi connectivity index (χ4n) is 0.0962. The molecule has 0 N–H and O–H groups in total. The second-order valence-electron chi connectivity index (χ2n) is 2.07. The molecule has 0 amide bonds. The summed E-state index contributed by atoms with van der Waals surface area (Å²) in [6, 6.07) is 0. The molecule has 0 saturated heterocycles. The Hall–Kier alpha value is 2.10. The first kappa shape index (κ1) is 18.0. The van der Waals surface area contributed by atoms with Gasteiger partial charge >= 0.3 is 53.4 Å². The van der Waals surface area contributed by atoms with E-state index in [2.05, 4.69) is 32.4 Å². The van der Waals surface area contributed by atoms with Crippen molar-refractivity contribution in [2.24, 2.45) is 0 Å². The van der Waals surface area contributed by atoms with Crippen LogP contribution in [-0.4, -0.2) is 32.3 Å². The van der Waals surface area contributed by atoms with Gasteiger partial charge in [-0.3, -0.25) is 0 Å². The smallest absolute Gasteiger partial charge is 1.00 e. The first-order valence-corrected chi connectivity index (χ1v) is 13.9. The summed E-state index contributed by atoms with van der Waals surface area (Å²) < 4.78 is 0. The number of hydrogen-bond acceptors (Lipinski definition) is 2. The molecule has 4 heteroatoms. The predicted octanol–water partition coefficient (Wildman–Crippen LogP) is 0.206. The molecule has 0 aliphatic carbocycles. The first-order valence-electron chi connectivity index (χ1n) is 2.79. The van der Waals surface area contributed by atoms with Gasteiger partial charge in [-0.15, -0.1) is 0 Å². The average Bonchev–Trinajstić information content (AvgIpc) is 1.66. The molecule has 0 bridgehead atoms. The van der Waals surface area contributed by atoms with Gasteiger partial charge in [-0.1, -0.05) is 0 Å². The van der Waals surface area contributed by atoms with Gasteiger partial charge in [0.2, 0.25) is 0 Å². The van der Waals surface area contributed by atoms with Gasteiger partial charge in [0.25, 0.3) is 0 Å². The molecule has 0 aromatic rings. The van der Waals surface area contributed by atoms with Crippen LogP contribution in [0.1, 0.15) is 0 Å². The fraction of sp³-hybridized carbons (Fsp3) is 0.833. The molecule has 0 aromatic heterocycles. The normalized spacial score (nSPS) is 7.80. The van der Waals surface area contributed by atoms with Gasteiger partial charge in [0.1, 0.15) is 0 Å². The quantitative estimate of drug-likeness (QED) is 0.523. The summed E-state index contributed by atoms with van der Waals surface area (Å²) >= 11 is 2.94. The summed E-state index contributed by atoms with van der Waals surface area (Å²) in [5, 5.41) is 2.08. The maximum Gasteiger partial charge on any atom is 1.00 e. The van der Waals surface area contributed by atoms with Crippen molar-refractivity contribution in [3.63, 3.8) is 0 Å². The third kappa shape index (κ3) is 49.8. The predicted molar refractivity (Wildman–Crippen MR) is 54.7 cm³/mol. The summed E-state index contributed by atoms with van der Waals surface area (Å²) in [6.07, 6.45) is 4.10. The Bertz CT molecular complexity index is 40.0. The summed E-state index contributed by atoms with van der Waals surface area (Å²) in [7, 11) is 0. The van der Waals surface area contributed by atoms with E-state index >= 15 is 0 Å².